The number of carbonyl (C=O) groups excluding carboxylic acids is 1. The van der Waals surface area contributed by atoms with Gasteiger partial charge in [-0.2, -0.15) is 4.98 Å². The second kappa shape index (κ2) is 6.56. The first-order chi connectivity index (χ1) is 11.0. The average Bonchev–Trinajstić information content (AvgIpc) is 3.18. The zero-order chi connectivity index (χ0) is 16.4. The van der Waals surface area contributed by atoms with Crippen molar-refractivity contribution >= 4 is 15.7 Å². The van der Waals surface area contributed by atoms with Crippen molar-refractivity contribution in [3.8, 4) is 0 Å². The van der Waals surface area contributed by atoms with Crippen molar-refractivity contribution in [2.75, 3.05) is 24.6 Å². The molecule has 23 heavy (non-hydrogen) atoms. The number of rotatable bonds is 5. The van der Waals surface area contributed by atoms with Crippen LogP contribution in [0.2, 0.25) is 0 Å². The number of sulfone groups is 1. The highest BCUT2D eigenvalue weighted by Gasteiger charge is 2.33. The first-order valence-corrected chi connectivity index (χ1v) is 9.85. The highest BCUT2D eigenvalue weighted by Crippen LogP contribution is 2.29. The summed E-state index contributed by atoms with van der Waals surface area (Å²) in [7, 11) is -2.98. The summed E-state index contributed by atoms with van der Waals surface area (Å²) in [5, 5.41) is 6.84. The number of aromatic nitrogens is 2. The Hall–Kier alpha value is -1.48. The van der Waals surface area contributed by atoms with Gasteiger partial charge in [-0.25, -0.2) is 8.42 Å². The van der Waals surface area contributed by atoms with E-state index in [1.165, 1.54) is 0 Å². The van der Waals surface area contributed by atoms with Crippen LogP contribution in [0.4, 0.5) is 0 Å². The van der Waals surface area contributed by atoms with E-state index in [9.17, 15) is 13.2 Å². The van der Waals surface area contributed by atoms with E-state index in [0.717, 1.165) is 19.4 Å². The van der Waals surface area contributed by atoms with E-state index in [1.54, 1.807) is 0 Å². The number of aryl methyl sites for hydroxylation is 1. The largest absolute Gasteiger partial charge is 0.351 e. The molecule has 3 rings (SSSR count). The predicted octanol–water partition coefficient (Wildman–Crippen LogP) is 0.0722. The lowest BCUT2D eigenvalue weighted by molar-refractivity contribution is -0.123. The molecule has 1 amide bonds. The lowest BCUT2D eigenvalue weighted by Gasteiger charge is -2.22. The van der Waals surface area contributed by atoms with Crippen molar-refractivity contribution in [1.29, 1.82) is 0 Å². The molecule has 0 aliphatic carbocycles. The lowest BCUT2D eigenvalue weighted by Crippen LogP contribution is -2.42. The topological polar surface area (TPSA) is 105 Å². The van der Waals surface area contributed by atoms with Gasteiger partial charge in [-0.15, -0.1) is 0 Å². The maximum absolute atomic E-state index is 12.2. The van der Waals surface area contributed by atoms with Crippen LogP contribution < -0.4 is 5.32 Å². The molecule has 0 bridgehead atoms. The van der Waals surface area contributed by atoms with Gasteiger partial charge in [0, 0.05) is 12.5 Å². The molecule has 8 nitrogen and oxygen atoms in total. The van der Waals surface area contributed by atoms with Gasteiger partial charge in [0.1, 0.15) is 0 Å². The lowest BCUT2D eigenvalue weighted by atomic mass is 10.2. The number of nitrogens with one attached hydrogen (secondary N) is 1. The maximum Gasteiger partial charge on any atom is 0.234 e. The van der Waals surface area contributed by atoms with Crippen LogP contribution in [0.1, 0.15) is 43.9 Å². The van der Waals surface area contributed by atoms with Crippen LogP contribution in [0.3, 0.4) is 0 Å². The molecular formula is C14H22N4O4S. The summed E-state index contributed by atoms with van der Waals surface area (Å²) in [4.78, 5) is 18.6. The molecule has 1 aromatic heterocycles. The summed E-state index contributed by atoms with van der Waals surface area (Å²) in [6, 6.07) is -0.262. The zero-order valence-electron chi connectivity index (χ0n) is 13.2. The third-order valence-corrected chi connectivity index (χ3v) is 6.16. The number of nitrogens with zero attached hydrogens (tertiary/aromatic N) is 3. The predicted molar refractivity (Wildman–Crippen MR) is 82.4 cm³/mol. The summed E-state index contributed by atoms with van der Waals surface area (Å²) in [5.74, 6) is 1.31. The normalized spacial score (nSPS) is 27.3. The van der Waals surface area contributed by atoms with Crippen molar-refractivity contribution in [1.82, 2.24) is 20.4 Å². The van der Waals surface area contributed by atoms with E-state index in [-0.39, 0.29) is 36.0 Å². The summed E-state index contributed by atoms with van der Waals surface area (Å²) in [6.07, 6.45) is 3.07. The highest BCUT2D eigenvalue weighted by atomic mass is 32.2. The third-order valence-electron chi connectivity index (χ3n) is 4.39. The van der Waals surface area contributed by atoms with Gasteiger partial charge in [-0.05, 0) is 25.8 Å². The van der Waals surface area contributed by atoms with Crippen molar-refractivity contribution < 1.29 is 17.7 Å². The molecule has 9 heteroatoms. The van der Waals surface area contributed by atoms with Gasteiger partial charge in [0.25, 0.3) is 0 Å². The Balaban J connectivity index is 1.57. The second-order valence-electron chi connectivity index (χ2n) is 6.20. The fourth-order valence-corrected chi connectivity index (χ4v) is 4.89. The smallest absolute Gasteiger partial charge is 0.234 e. The molecule has 1 N–H and O–H groups in total. The number of carbonyl (C=O) groups is 1. The summed E-state index contributed by atoms with van der Waals surface area (Å²) in [5.41, 5.74) is 0. The maximum atomic E-state index is 12.2. The van der Waals surface area contributed by atoms with Crippen LogP contribution >= 0.6 is 0 Å². The van der Waals surface area contributed by atoms with Crippen molar-refractivity contribution in [3.63, 3.8) is 0 Å². The molecule has 2 aliphatic heterocycles. The van der Waals surface area contributed by atoms with Gasteiger partial charge < -0.3 is 9.84 Å². The van der Waals surface area contributed by atoms with Crippen LogP contribution in [0.5, 0.6) is 0 Å². The minimum atomic E-state index is -2.98. The van der Waals surface area contributed by atoms with Gasteiger partial charge >= 0.3 is 0 Å². The van der Waals surface area contributed by atoms with Crippen molar-refractivity contribution in [3.05, 3.63) is 11.7 Å². The quantitative estimate of drug-likeness (QED) is 0.807. The number of hydrogen-bond acceptors (Lipinski definition) is 7. The minimum Gasteiger partial charge on any atom is -0.351 e. The Bertz CT molecular complexity index is 672. The van der Waals surface area contributed by atoms with Crippen molar-refractivity contribution in [2.45, 2.75) is 44.7 Å². The van der Waals surface area contributed by atoms with Crippen LogP contribution in [-0.4, -0.2) is 60.0 Å². The molecule has 1 aromatic rings. The number of likely N-dealkylation sites (tertiary alicyclic amines) is 1. The Kier molecular flexibility index (Phi) is 4.67. The van der Waals surface area contributed by atoms with Crippen LogP contribution in [0, 0.1) is 0 Å². The van der Waals surface area contributed by atoms with Crippen LogP contribution in [0.25, 0.3) is 0 Å². The van der Waals surface area contributed by atoms with E-state index < -0.39 is 9.84 Å². The standard InChI is InChI=1S/C14H22N4O4S/c1-2-13-16-14(17-22-13)11-4-3-6-18(11)8-12(19)15-10-5-7-23(20,21)9-10/h10-11H,2-9H2,1H3,(H,15,19)/t10-,11+/m0/s1. The molecular weight excluding hydrogens is 320 g/mol. The zero-order valence-corrected chi connectivity index (χ0v) is 14.0. The second-order valence-corrected chi connectivity index (χ2v) is 8.42. The molecule has 2 aliphatic rings. The van der Waals surface area contributed by atoms with Gasteiger partial charge in [0.15, 0.2) is 15.7 Å². The molecule has 2 atom stereocenters. The fourth-order valence-electron chi connectivity index (χ4n) is 3.22. The Morgan fingerprint density at radius 3 is 2.91 bits per heavy atom. The molecule has 2 saturated heterocycles. The molecule has 0 unspecified atom stereocenters. The average molecular weight is 342 g/mol. The van der Waals surface area contributed by atoms with Gasteiger partial charge in [0.2, 0.25) is 11.8 Å². The highest BCUT2D eigenvalue weighted by molar-refractivity contribution is 7.91. The fraction of sp³-hybridized carbons (Fsp3) is 0.786. The van der Waals surface area contributed by atoms with E-state index in [4.69, 9.17) is 4.52 Å². The van der Waals surface area contributed by atoms with E-state index in [2.05, 4.69) is 15.5 Å². The molecule has 0 aromatic carbocycles. The SMILES string of the molecule is CCc1nc([C@H]2CCCN2CC(=O)N[C@H]2CCS(=O)(=O)C2)no1. The monoisotopic (exact) mass is 342 g/mol. The molecule has 0 radical (unpaired) electrons. The third kappa shape index (κ3) is 3.89. The summed E-state index contributed by atoms with van der Waals surface area (Å²) < 4.78 is 28.0. The van der Waals surface area contributed by atoms with Gasteiger partial charge in [0.05, 0.1) is 24.1 Å². The molecule has 128 valence electrons. The Morgan fingerprint density at radius 2 is 2.26 bits per heavy atom. The van der Waals surface area contributed by atoms with Gasteiger partial charge in [-0.1, -0.05) is 12.1 Å². The minimum absolute atomic E-state index is 0.00268. The first-order valence-electron chi connectivity index (χ1n) is 8.03. The van der Waals surface area contributed by atoms with Crippen molar-refractivity contribution in [2.24, 2.45) is 0 Å². The number of amides is 1. The van der Waals surface area contributed by atoms with E-state index in [1.807, 2.05) is 11.8 Å². The summed E-state index contributed by atoms with van der Waals surface area (Å²) >= 11 is 0. The molecule has 0 spiro atoms. The van der Waals surface area contributed by atoms with Crippen LogP contribution in [0.15, 0.2) is 4.52 Å². The Labute approximate surface area is 135 Å². The first kappa shape index (κ1) is 16.4. The molecule has 0 saturated carbocycles. The molecule has 2 fully saturated rings. The van der Waals surface area contributed by atoms with E-state index in [0.29, 0.717) is 24.6 Å². The van der Waals surface area contributed by atoms with Gasteiger partial charge in [-0.3, -0.25) is 9.69 Å². The molecule has 3 heterocycles. The van der Waals surface area contributed by atoms with E-state index >= 15 is 0 Å². The number of hydrogen-bond donors (Lipinski definition) is 1. The Morgan fingerprint density at radius 1 is 1.43 bits per heavy atom. The van der Waals surface area contributed by atoms with Crippen LogP contribution in [-0.2, 0) is 21.1 Å². The summed E-state index contributed by atoms with van der Waals surface area (Å²) in [6.45, 7) is 2.99.